The van der Waals surface area contributed by atoms with Crippen LogP contribution < -0.4 is 10.1 Å². The van der Waals surface area contributed by atoms with E-state index in [9.17, 15) is 9.90 Å². The van der Waals surface area contributed by atoms with Crippen molar-refractivity contribution in [3.63, 3.8) is 0 Å². The van der Waals surface area contributed by atoms with Crippen molar-refractivity contribution in [1.29, 1.82) is 0 Å². The van der Waals surface area contributed by atoms with E-state index in [1.807, 2.05) is 41.1 Å². The van der Waals surface area contributed by atoms with Crippen LogP contribution in [0.15, 0.2) is 54.7 Å². The first-order valence-electron chi connectivity index (χ1n) is 7.34. The lowest BCUT2D eigenvalue weighted by atomic mass is 10.2. The number of amides is 1. The van der Waals surface area contributed by atoms with Crippen molar-refractivity contribution in [3.05, 3.63) is 60.3 Å². The van der Waals surface area contributed by atoms with E-state index < -0.39 is 0 Å². The van der Waals surface area contributed by atoms with Gasteiger partial charge in [0.25, 0.3) is 0 Å². The molecule has 0 aliphatic heterocycles. The number of carbonyl (C=O) groups excluding carboxylic acids is 1. The number of benzene rings is 2. The average Bonchev–Trinajstić information content (AvgIpc) is 2.96. The molecule has 0 aliphatic carbocycles. The van der Waals surface area contributed by atoms with Crippen LogP contribution in [0, 0.1) is 0 Å². The second-order valence-electron chi connectivity index (χ2n) is 5.27. The van der Waals surface area contributed by atoms with E-state index in [1.54, 1.807) is 25.3 Å². The number of methoxy groups -OCH3 is 1. The molecule has 1 amide bonds. The van der Waals surface area contributed by atoms with Crippen LogP contribution >= 0.6 is 0 Å². The van der Waals surface area contributed by atoms with Gasteiger partial charge in [-0.1, -0.05) is 18.2 Å². The molecule has 5 nitrogen and oxygen atoms in total. The van der Waals surface area contributed by atoms with E-state index in [1.165, 1.54) is 0 Å². The van der Waals surface area contributed by atoms with Gasteiger partial charge in [-0.15, -0.1) is 0 Å². The van der Waals surface area contributed by atoms with Crippen molar-refractivity contribution in [1.82, 2.24) is 9.88 Å². The minimum atomic E-state index is -0.110. The molecule has 1 aromatic heterocycles. The lowest BCUT2D eigenvalue weighted by molar-refractivity contribution is -0.121. The molecule has 0 aliphatic rings. The number of phenolic OH excluding ortho intramolecular Hbond substituents is 1. The summed E-state index contributed by atoms with van der Waals surface area (Å²) in [5.74, 6) is 0.868. The van der Waals surface area contributed by atoms with Crippen LogP contribution in [-0.4, -0.2) is 22.7 Å². The number of fused-ring (bicyclic) bond motifs is 1. The van der Waals surface area contributed by atoms with Gasteiger partial charge >= 0.3 is 0 Å². The molecule has 0 atom stereocenters. The Kier molecular flexibility index (Phi) is 4.19. The highest BCUT2D eigenvalue weighted by Crippen LogP contribution is 2.21. The molecule has 2 N–H and O–H groups in total. The van der Waals surface area contributed by atoms with Crippen molar-refractivity contribution < 1.29 is 14.6 Å². The Morgan fingerprint density at radius 1 is 1.22 bits per heavy atom. The number of rotatable bonds is 5. The summed E-state index contributed by atoms with van der Waals surface area (Å²) in [7, 11) is 1.63. The molecule has 0 bridgehead atoms. The van der Waals surface area contributed by atoms with Gasteiger partial charge in [-0.05, 0) is 30.3 Å². The molecule has 0 unspecified atom stereocenters. The van der Waals surface area contributed by atoms with E-state index in [0.29, 0.717) is 12.1 Å². The van der Waals surface area contributed by atoms with Crippen LogP contribution in [-0.2, 0) is 17.9 Å². The Morgan fingerprint density at radius 3 is 2.83 bits per heavy atom. The molecular weight excluding hydrogens is 292 g/mol. The second-order valence-corrected chi connectivity index (χ2v) is 5.27. The second kappa shape index (κ2) is 6.44. The first-order valence-corrected chi connectivity index (χ1v) is 7.34. The Morgan fingerprint density at radius 2 is 2.04 bits per heavy atom. The van der Waals surface area contributed by atoms with Crippen LogP contribution in [0.25, 0.3) is 10.9 Å². The summed E-state index contributed by atoms with van der Waals surface area (Å²) in [6.07, 6.45) is 1.88. The minimum Gasteiger partial charge on any atom is -0.508 e. The molecule has 0 fully saturated rings. The normalized spacial score (nSPS) is 10.7. The van der Waals surface area contributed by atoms with Gasteiger partial charge in [0.15, 0.2) is 0 Å². The number of aromatic nitrogens is 1. The van der Waals surface area contributed by atoms with Gasteiger partial charge in [-0.3, -0.25) is 4.79 Å². The molecule has 0 spiro atoms. The van der Waals surface area contributed by atoms with E-state index in [0.717, 1.165) is 16.7 Å². The molecule has 118 valence electrons. The summed E-state index contributed by atoms with van der Waals surface area (Å²) in [4.78, 5) is 12.1. The Hall–Kier alpha value is -2.95. The highest BCUT2D eigenvalue weighted by atomic mass is 16.5. The van der Waals surface area contributed by atoms with Gasteiger partial charge in [0, 0.05) is 29.2 Å². The predicted molar refractivity (Wildman–Crippen MR) is 88.4 cm³/mol. The number of para-hydroxylation sites is 1. The Balaban J connectivity index is 1.67. The SMILES string of the molecule is COc1ccc2c(ccn2CC(=O)NCc2ccccc2O)c1. The zero-order valence-electron chi connectivity index (χ0n) is 12.8. The average molecular weight is 310 g/mol. The number of nitrogens with zero attached hydrogens (tertiary/aromatic N) is 1. The van der Waals surface area contributed by atoms with Crippen molar-refractivity contribution in [3.8, 4) is 11.5 Å². The molecule has 0 saturated carbocycles. The van der Waals surface area contributed by atoms with Gasteiger partial charge in [-0.2, -0.15) is 0 Å². The number of carbonyl (C=O) groups is 1. The number of aromatic hydroxyl groups is 1. The third kappa shape index (κ3) is 3.29. The van der Waals surface area contributed by atoms with Gasteiger partial charge in [-0.25, -0.2) is 0 Å². The fourth-order valence-corrected chi connectivity index (χ4v) is 2.51. The summed E-state index contributed by atoms with van der Waals surface area (Å²) >= 11 is 0. The summed E-state index contributed by atoms with van der Waals surface area (Å²) in [6.45, 7) is 0.530. The van der Waals surface area contributed by atoms with Crippen LogP contribution in [0.4, 0.5) is 0 Å². The van der Waals surface area contributed by atoms with Gasteiger partial charge in [0.2, 0.25) is 5.91 Å². The Labute approximate surface area is 134 Å². The number of nitrogens with one attached hydrogen (secondary N) is 1. The zero-order valence-corrected chi connectivity index (χ0v) is 12.8. The topological polar surface area (TPSA) is 63.5 Å². The van der Waals surface area contributed by atoms with E-state index in [-0.39, 0.29) is 18.2 Å². The summed E-state index contributed by atoms with van der Waals surface area (Å²) in [6, 6.07) is 14.7. The molecule has 0 saturated heterocycles. The van der Waals surface area contributed by atoms with E-state index in [2.05, 4.69) is 5.32 Å². The van der Waals surface area contributed by atoms with Crippen LogP contribution in [0.2, 0.25) is 0 Å². The highest BCUT2D eigenvalue weighted by molar-refractivity contribution is 5.84. The Bertz CT molecular complexity index is 839. The first kappa shape index (κ1) is 15.0. The molecule has 5 heteroatoms. The number of phenols is 1. The standard InChI is InChI=1S/C18H18N2O3/c1-23-15-6-7-16-13(10-15)8-9-20(16)12-18(22)19-11-14-4-2-3-5-17(14)21/h2-10,21H,11-12H2,1H3,(H,19,22). The molecule has 23 heavy (non-hydrogen) atoms. The summed E-state index contributed by atoms with van der Waals surface area (Å²) in [5, 5.41) is 13.5. The van der Waals surface area contributed by atoms with Crippen LogP contribution in [0.1, 0.15) is 5.56 Å². The van der Waals surface area contributed by atoms with Gasteiger partial charge in [0.05, 0.1) is 7.11 Å². The lowest BCUT2D eigenvalue weighted by Gasteiger charge is -2.09. The smallest absolute Gasteiger partial charge is 0.240 e. The lowest BCUT2D eigenvalue weighted by Crippen LogP contribution is -2.26. The summed E-state index contributed by atoms with van der Waals surface area (Å²) < 4.78 is 7.08. The maximum absolute atomic E-state index is 12.1. The molecule has 3 rings (SSSR count). The largest absolute Gasteiger partial charge is 0.508 e. The van der Waals surface area contributed by atoms with Crippen molar-refractivity contribution in [2.24, 2.45) is 0 Å². The monoisotopic (exact) mass is 310 g/mol. The molecule has 2 aromatic carbocycles. The van der Waals surface area contributed by atoms with Crippen molar-refractivity contribution >= 4 is 16.8 Å². The third-order valence-corrected chi connectivity index (χ3v) is 3.76. The molecule has 1 heterocycles. The van der Waals surface area contributed by atoms with E-state index in [4.69, 9.17) is 4.74 Å². The highest BCUT2D eigenvalue weighted by Gasteiger charge is 2.08. The fourth-order valence-electron chi connectivity index (χ4n) is 2.51. The molecular formula is C18H18N2O3. The van der Waals surface area contributed by atoms with Crippen molar-refractivity contribution in [2.75, 3.05) is 7.11 Å². The first-order chi connectivity index (χ1) is 11.2. The van der Waals surface area contributed by atoms with E-state index >= 15 is 0 Å². The maximum Gasteiger partial charge on any atom is 0.240 e. The minimum absolute atomic E-state index is 0.110. The van der Waals surface area contributed by atoms with Crippen LogP contribution in [0.5, 0.6) is 11.5 Å². The number of hydrogen-bond acceptors (Lipinski definition) is 3. The van der Waals surface area contributed by atoms with Gasteiger partial charge < -0.3 is 19.7 Å². The van der Waals surface area contributed by atoms with Crippen molar-refractivity contribution in [2.45, 2.75) is 13.1 Å². The summed E-state index contributed by atoms with van der Waals surface area (Å²) in [5.41, 5.74) is 1.67. The zero-order chi connectivity index (χ0) is 16.2. The molecule has 3 aromatic rings. The molecule has 0 radical (unpaired) electrons. The quantitative estimate of drug-likeness (QED) is 0.761. The third-order valence-electron chi connectivity index (χ3n) is 3.76. The number of ether oxygens (including phenoxy) is 1. The maximum atomic E-state index is 12.1. The fraction of sp³-hybridized carbons (Fsp3) is 0.167. The predicted octanol–water partition coefficient (Wildman–Crippen LogP) is 2.67. The van der Waals surface area contributed by atoms with Crippen LogP contribution in [0.3, 0.4) is 0 Å². The van der Waals surface area contributed by atoms with Gasteiger partial charge in [0.1, 0.15) is 18.0 Å². The number of hydrogen-bond donors (Lipinski definition) is 2.